The lowest BCUT2D eigenvalue weighted by molar-refractivity contribution is -0.144. The Bertz CT molecular complexity index is 371. The molecule has 1 amide bonds. The molecule has 1 aliphatic rings. The van der Waals surface area contributed by atoms with Gasteiger partial charge in [0.05, 0.1) is 0 Å². The molecule has 0 saturated carbocycles. The Morgan fingerprint density at radius 2 is 1.75 bits per heavy atom. The molecule has 86 valence electrons. The molecular weight excluding hydrogens is 198 g/mol. The second-order valence-corrected chi connectivity index (χ2v) is 5.57. The van der Waals surface area contributed by atoms with Crippen LogP contribution < -0.4 is 0 Å². The lowest BCUT2D eigenvalue weighted by atomic mass is 9.87. The van der Waals surface area contributed by atoms with Gasteiger partial charge in [-0.2, -0.15) is 0 Å². The molecule has 2 heteroatoms. The second kappa shape index (κ2) is 3.93. The Labute approximate surface area is 97.3 Å². The average Bonchev–Trinajstić information content (AvgIpc) is 2.15. The number of benzene rings is 1. The largest absolute Gasteiger partial charge is 0.341 e. The molecule has 1 fully saturated rings. The molecule has 0 aromatic heterocycles. The van der Waals surface area contributed by atoms with Crippen molar-refractivity contribution >= 4 is 5.91 Å². The zero-order valence-electron chi connectivity index (χ0n) is 10.2. The molecule has 1 aromatic rings. The van der Waals surface area contributed by atoms with Crippen LogP contribution in [0.5, 0.6) is 0 Å². The fraction of sp³-hybridized carbons (Fsp3) is 0.500. The van der Waals surface area contributed by atoms with Crippen molar-refractivity contribution in [2.75, 3.05) is 13.1 Å². The third kappa shape index (κ3) is 2.11. The van der Waals surface area contributed by atoms with Gasteiger partial charge in [-0.25, -0.2) is 0 Å². The van der Waals surface area contributed by atoms with Gasteiger partial charge in [0.2, 0.25) is 5.91 Å². The summed E-state index contributed by atoms with van der Waals surface area (Å²) in [6.45, 7) is 7.68. The van der Waals surface area contributed by atoms with Crippen LogP contribution in [0.2, 0.25) is 0 Å². The number of hydrogen-bond donors (Lipinski definition) is 0. The van der Waals surface area contributed by atoms with E-state index < -0.39 is 0 Å². The molecule has 0 atom stereocenters. The highest BCUT2D eigenvalue weighted by molar-refractivity contribution is 5.82. The van der Waals surface area contributed by atoms with Gasteiger partial charge in [0.25, 0.3) is 0 Å². The van der Waals surface area contributed by atoms with E-state index in [2.05, 4.69) is 24.3 Å². The minimum Gasteiger partial charge on any atom is -0.341 e. The molecule has 1 heterocycles. The molecule has 2 nitrogen and oxygen atoms in total. The van der Waals surface area contributed by atoms with E-state index in [0.717, 1.165) is 13.1 Å². The molecule has 0 N–H and O–H groups in total. The van der Waals surface area contributed by atoms with Crippen molar-refractivity contribution < 1.29 is 4.79 Å². The summed E-state index contributed by atoms with van der Waals surface area (Å²) in [4.78, 5) is 13.9. The summed E-state index contributed by atoms with van der Waals surface area (Å²) in [5.74, 6) is 0.798. The van der Waals surface area contributed by atoms with E-state index in [1.807, 2.05) is 31.7 Å². The number of likely N-dealkylation sites (tertiary alicyclic amines) is 1. The van der Waals surface area contributed by atoms with Crippen molar-refractivity contribution in [3.05, 3.63) is 35.9 Å². The van der Waals surface area contributed by atoms with E-state index >= 15 is 0 Å². The van der Waals surface area contributed by atoms with E-state index in [-0.39, 0.29) is 11.3 Å². The van der Waals surface area contributed by atoms with Crippen LogP contribution >= 0.6 is 0 Å². The summed E-state index contributed by atoms with van der Waals surface area (Å²) in [5.41, 5.74) is 1.10. The van der Waals surface area contributed by atoms with Gasteiger partial charge in [-0.05, 0) is 5.56 Å². The van der Waals surface area contributed by atoms with Crippen molar-refractivity contribution in [2.45, 2.75) is 26.7 Å². The molecular formula is C14H19NO. The molecule has 1 aliphatic heterocycles. The van der Waals surface area contributed by atoms with E-state index in [9.17, 15) is 4.79 Å². The van der Waals surface area contributed by atoms with Gasteiger partial charge in [-0.1, -0.05) is 51.1 Å². The first-order valence-corrected chi connectivity index (χ1v) is 5.83. The predicted molar refractivity (Wildman–Crippen MR) is 65.2 cm³/mol. The smallest absolute Gasteiger partial charge is 0.227 e. The van der Waals surface area contributed by atoms with Crippen LogP contribution in [0.3, 0.4) is 0 Å². The topological polar surface area (TPSA) is 20.3 Å². The summed E-state index contributed by atoms with van der Waals surface area (Å²) in [6, 6.07) is 10.4. The standard InChI is InChI=1S/C14H19NO/c1-14(2,3)13(16)15-9-12(10-15)11-7-5-4-6-8-11/h4-8,12H,9-10H2,1-3H3. The van der Waals surface area contributed by atoms with Crippen molar-refractivity contribution in [3.63, 3.8) is 0 Å². The van der Waals surface area contributed by atoms with Gasteiger partial charge in [-0.15, -0.1) is 0 Å². The quantitative estimate of drug-likeness (QED) is 0.708. The Hall–Kier alpha value is -1.31. The fourth-order valence-corrected chi connectivity index (χ4v) is 2.05. The van der Waals surface area contributed by atoms with Gasteiger partial charge in [-0.3, -0.25) is 4.79 Å². The molecule has 2 rings (SSSR count). The minimum absolute atomic E-state index is 0.248. The van der Waals surface area contributed by atoms with Crippen molar-refractivity contribution in [3.8, 4) is 0 Å². The van der Waals surface area contributed by atoms with Gasteiger partial charge >= 0.3 is 0 Å². The van der Waals surface area contributed by atoms with Crippen LogP contribution in [0.25, 0.3) is 0 Å². The zero-order valence-corrected chi connectivity index (χ0v) is 10.2. The molecule has 0 radical (unpaired) electrons. The summed E-state index contributed by atoms with van der Waals surface area (Å²) in [6.07, 6.45) is 0. The number of carbonyl (C=O) groups is 1. The lowest BCUT2D eigenvalue weighted by Gasteiger charge is -2.42. The number of amides is 1. The van der Waals surface area contributed by atoms with E-state index in [1.165, 1.54) is 5.56 Å². The highest BCUT2D eigenvalue weighted by atomic mass is 16.2. The van der Waals surface area contributed by atoms with Gasteiger partial charge in [0, 0.05) is 24.4 Å². The summed E-state index contributed by atoms with van der Waals surface area (Å²) < 4.78 is 0. The van der Waals surface area contributed by atoms with Crippen LogP contribution in [0.15, 0.2) is 30.3 Å². The van der Waals surface area contributed by atoms with E-state index in [4.69, 9.17) is 0 Å². The molecule has 0 spiro atoms. The Kier molecular flexibility index (Phi) is 2.75. The third-order valence-electron chi connectivity index (χ3n) is 3.08. The maximum atomic E-state index is 11.9. The van der Waals surface area contributed by atoms with Gasteiger partial charge in [0.15, 0.2) is 0 Å². The maximum Gasteiger partial charge on any atom is 0.227 e. The average molecular weight is 217 g/mol. The Morgan fingerprint density at radius 1 is 1.19 bits per heavy atom. The molecule has 0 bridgehead atoms. The number of nitrogens with zero attached hydrogens (tertiary/aromatic N) is 1. The minimum atomic E-state index is -0.248. The number of rotatable bonds is 1. The highest BCUT2D eigenvalue weighted by Gasteiger charge is 2.36. The van der Waals surface area contributed by atoms with Crippen molar-refractivity contribution in [2.24, 2.45) is 5.41 Å². The SMILES string of the molecule is CC(C)(C)C(=O)N1CC(c2ccccc2)C1. The van der Waals surface area contributed by atoms with Crippen LogP contribution in [-0.2, 0) is 4.79 Å². The molecule has 1 saturated heterocycles. The van der Waals surface area contributed by atoms with Crippen molar-refractivity contribution in [1.29, 1.82) is 0 Å². The van der Waals surface area contributed by atoms with E-state index in [1.54, 1.807) is 0 Å². The fourth-order valence-electron chi connectivity index (χ4n) is 2.05. The Balaban J connectivity index is 1.94. The molecule has 16 heavy (non-hydrogen) atoms. The van der Waals surface area contributed by atoms with Crippen LogP contribution in [0.1, 0.15) is 32.3 Å². The first-order valence-electron chi connectivity index (χ1n) is 5.83. The maximum absolute atomic E-state index is 11.9. The van der Waals surface area contributed by atoms with Gasteiger partial charge < -0.3 is 4.90 Å². The first-order chi connectivity index (χ1) is 7.48. The zero-order chi connectivity index (χ0) is 11.8. The number of hydrogen-bond acceptors (Lipinski definition) is 1. The van der Waals surface area contributed by atoms with Crippen LogP contribution in [-0.4, -0.2) is 23.9 Å². The monoisotopic (exact) mass is 217 g/mol. The van der Waals surface area contributed by atoms with Crippen LogP contribution in [0, 0.1) is 5.41 Å². The third-order valence-corrected chi connectivity index (χ3v) is 3.08. The second-order valence-electron chi connectivity index (χ2n) is 5.57. The summed E-state index contributed by atoms with van der Waals surface area (Å²) in [5, 5.41) is 0. The molecule has 1 aromatic carbocycles. The first kappa shape index (κ1) is 11.2. The number of carbonyl (C=O) groups excluding carboxylic acids is 1. The molecule has 0 unspecified atom stereocenters. The Morgan fingerprint density at radius 3 is 2.25 bits per heavy atom. The lowest BCUT2D eigenvalue weighted by Crippen LogP contribution is -2.52. The van der Waals surface area contributed by atoms with E-state index in [0.29, 0.717) is 5.92 Å². The molecule has 0 aliphatic carbocycles. The van der Waals surface area contributed by atoms with Gasteiger partial charge in [0.1, 0.15) is 0 Å². The normalized spacial score (nSPS) is 17.1. The van der Waals surface area contributed by atoms with Crippen LogP contribution in [0.4, 0.5) is 0 Å². The van der Waals surface area contributed by atoms with Crippen molar-refractivity contribution in [1.82, 2.24) is 4.90 Å². The summed E-state index contributed by atoms with van der Waals surface area (Å²) in [7, 11) is 0. The highest BCUT2D eigenvalue weighted by Crippen LogP contribution is 2.30. The predicted octanol–water partition coefficient (Wildman–Crippen LogP) is 2.66. The summed E-state index contributed by atoms with van der Waals surface area (Å²) >= 11 is 0.